The minimum atomic E-state index is -0.167. The Morgan fingerprint density at radius 2 is 2.00 bits per heavy atom. The van der Waals surface area contributed by atoms with E-state index in [1.165, 1.54) is 0 Å². The highest BCUT2D eigenvalue weighted by molar-refractivity contribution is 6.30. The summed E-state index contributed by atoms with van der Waals surface area (Å²) in [5, 5.41) is 4.42. The maximum absolute atomic E-state index is 12.2. The highest BCUT2D eigenvalue weighted by Crippen LogP contribution is 2.22. The van der Waals surface area contributed by atoms with Crippen molar-refractivity contribution in [2.24, 2.45) is 0 Å². The van der Waals surface area contributed by atoms with Crippen LogP contribution in [0.4, 0.5) is 0 Å². The van der Waals surface area contributed by atoms with Crippen LogP contribution in [-0.4, -0.2) is 23.0 Å². The van der Waals surface area contributed by atoms with Gasteiger partial charge in [0.2, 0.25) is 0 Å². The Morgan fingerprint density at radius 3 is 2.53 bits per heavy atom. The predicted octanol–water partition coefficient (Wildman–Crippen LogP) is 3.47. The number of hydrogen-bond acceptors (Lipinski definition) is 3. The standard InChI is InChI=1S/C14H15ClN2O2/c1-9-8-13(16-19-9)14(18)17(3)10(2)11-4-6-12(15)7-5-11/h4-8,10H,1-3H3. The summed E-state index contributed by atoms with van der Waals surface area (Å²) in [5.74, 6) is 0.454. The van der Waals surface area contributed by atoms with Crippen LogP contribution in [-0.2, 0) is 0 Å². The van der Waals surface area contributed by atoms with Crippen LogP contribution >= 0.6 is 11.6 Å². The normalized spacial score (nSPS) is 12.2. The molecule has 5 heteroatoms. The number of carbonyl (C=O) groups excluding carboxylic acids is 1. The molecule has 4 nitrogen and oxygen atoms in total. The summed E-state index contributed by atoms with van der Waals surface area (Å²) < 4.78 is 4.92. The molecular weight excluding hydrogens is 264 g/mol. The fourth-order valence-corrected chi connectivity index (χ4v) is 1.91. The first-order valence-electron chi connectivity index (χ1n) is 5.95. The van der Waals surface area contributed by atoms with E-state index in [-0.39, 0.29) is 11.9 Å². The van der Waals surface area contributed by atoms with Gasteiger partial charge in [0.25, 0.3) is 5.91 Å². The molecule has 0 radical (unpaired) electrons. The van der Waals surface area contributed by atoms with Gasteiger partial charge in [-0.25, -0.2) is 0 Å². The van der Waals surface area contributed by atoms with Gasteiger partial charge in [-0.2, -0.15) is 0 Å². The second kappa shape index (κ2) is 5.45. The van der Waals surface area contributed by atoms with Gasteiger partial charge in [-0.1, -0.05) is 28.9 Å². The van der Waals surface area contributed by atoms with Gasteiger partial charge in [0, 0.05) is 18.1 Å². The molecule has 0 aliphatic heterocycles. The van der Waals surface area contributed by atoms with Crippen molar-refractivity contribution in [2.75, 3.05) is 7.05 Å². The Labute approximate surface area is 117 Å². The van der Waals surface area contributed by atoms with Gasteiger partial charge in [-0.15, -0.1) is 0 Å². The summed E-state index contributed by atoms with van der Waals surface area (Å²) in [6.45, 7) is 3.71. The van der Waals surface area contributed by atoms with Crippen LogP contribution in [0.5, 0.6) is 0 Å². The quantitative estimate of drug-likeness (QED) is 0.864. The number of halogens is 1. The van der Waals surface area contributed by atoms with Gasteiger partial charge < -0.3 is 9.42 Å². The maximum Gasteiger partial charge on any atom is 0.276 e. The summed E-state index contributed by atoms with van der Waals surface area (Å²) in [6, 6.07) is 9.00. The topological polar surface area (TPSA) is 46.3 Å². The molecule has 0 aliphatic carbocycles. The summed E-state index contributed by atoms with van der Waals surface area (Å²) >= 11 is 5.85. The number of nitrogens with zero attached hydrogens (tertiary/aromatic N) is 2. The minimum absolute atomic E-state index is 0.0678. The van der Waals surface area contributed by atoms with E-state index in [1.54, 1.807) is 24.9 Å². The molecule has 2 aromatic rings. The Hall–Kier alpha value is -1.81. The number of rotatable bonds is 3. The van der Waals surface area contributed by atoms with Crippen molar-refractivity contribution in [3.8, 4) is 0 Å². The fourth-order valence-electron chi connectivity index (χ4n) is 1.79. The SMILES string of the molecule is Cc1cc(C(=O)N(C)C(C)c2ccc(Cl)cc2)no1. The summed E-state index contributed by atoms with van der Waals surface area (Å²) in [5.41, 5.74) is 1.33. The van der Waals surface area contributed by atoms with Crippen LogP contribution < -0.4 is 0 Å². The van der Waals surface area contributed by atoms with Crippen LogP contribution in [0.2, 0.25) is 5.02 Å². The zero-order valence-electron chi connectivity index (χ0n) is 11.1. The number of aromatic nitrogens is 1. The molecule has 19 heavy (non-hydrogen) atoms. The van der Waals surface area contributed by atoms with Gasteiger partial charge in [0.05, 0.1) is 6.04 Å². The van der Waals surface area contributed by atoms with E-state index >= 15 is 0 Å². The number of amides is 1. The first kappa shape index (κ1) is 13.6. The Kier molecular flexibility index (Phi) is 3.90. The average Bonchev–Trinajstić information content (AvgIpc) is 2.84. The molecule has 1 unspecified atom stereocenters. The fraction of sp³-hybridized carbons (Fsp3) is 0.286. The van der Waals surface area contributed by atoms with Gasteiger partial charge in [0.1, 0.15) is 5.76 Å². The molecule has 1 aromatic heterocycles. The third kappa shape index (κ3) is 2.96. The Bertz CT molecular complexity index is 577. The van der Waals surface area contributed by atoms with E-state index in [1.807, 2.05) is 31.2 Å². The summed E-state index contributed by atoms with van der Waals surface area (Å²) in [6.07, 6.45) is 0. The minimum Gasteiger partial charge on any atom is -0.361 e. The number of aryl methyl sites for hydroxylation is 1. The molecule has 2 rings (SSSR count). The lowest BCUT2D eigenvalue weighted by molar-refractivity contribution is 0.0732. The molecule has 1 amide bonds. The molecule has 1 aromatic carbocycles. The molecule has 0 saturated heterocycles. The number of benzene rings is 1. The van der Waals surface area contributed by atoms with Gasteiger partial charge in [-0.3, -0.25) is 4.79 Å². The lowest BCUT2D eigenvalue weighted by Gasteiger charge is -2.24. The number of carbonyl (C=O) groups is 1. The van der Waals surface area contributed by atoms with E-state index in [0.717, 1.165) is 5.56 Å². The molecule has 1 atom stereocenters. The summed E-state index contributed by atoms with van der Waals surface area (Å²) in [4.78, 5) is 13.8. The van der Waals surface area contributed by atoms with Gasteiger partial charge >= 0.3 is 0 Å². The third-order valence-electron chi connectivity index (χ3n) is 3.10. The van der Waals surface area contributed by atoms with E-state index in [2.05, 4.69) is 5.16 Å². The molecular formula is C14H15ClN2O2. The van der Waals surface area contributed by atoms with Gasteiger partial charge in [-0.05, 0) is 31.5 Å². The summed E-state index contributed by atoms with van der Waals surface area (Å²) in [7, 11) is 1.74. The average molecular weight is 279 g/mol. The maximum atomic E-state index is 12.2. The first-order chi connectivity index (χ1) is 8.99. The van der Waals surface area contributed by atoms with E-state index in [0.29, 0.717) is 16.5 Å². The van der Waals surface area contributed by atoms with E-state index < -0.39 is 0 Å². The van der Waals surface area contributed by atoms with Crippen LogP contribution in [0, 0.1) is 6.92 Å². The van der Waals surface area contributed by atoms with Crippen LogP contribution in [0.1, 0.15) is 34.8 Å². The van der Waals surface area contributed by atoms with Gasteiger partial charge in [0.15, 0.2) is 5.69 Å². The van der Waals surface area contributed by atoms with Crippen LogP contribution in [0.3, 0.4) is 0 Å². The largest absolute Gasteiger partial charge is 0.361 e. The van der Waals surface area contributed by atoms with Crippen molar-refractivity contribution in [3.05, 3.63) is 52.4 Å². The van der Waals surface area contributed by atoms with Crippen molar-refractivity contribution in [2.45, 2.75) is 19.9 Å². The molecule has 0 saturated carbocycles. The van der Waals surface area contributed by atoms with E-state index in [4.69, 9.17) is 16.1 Å². The van der Waals surface area contributed by atoms with Crippen molar-refractivity contribution in [1.29, 1.82) is 0 Å². The van der Waals surface area contributed by atoms with Crippen LogP contribution in [0.15, 0.2) is 34.9 Å². The van der Waals surface area contributed by atoms with Crippen molar-refractivity contribution >= 4 is 17.5 Å². The van der Waals surface area contributed by atoms with Crippen molar-refractivity contribution in [1.82, 2.24) is 10.1 Å². The molecule has 0 bridgehead atoms. The zero-order chi connectivity index (χ0) is 14.0. The molecule has 0 fully saturated rings. The van der Waals surface area contributed by atoms with Crippen molar-refractivity contribution in [3.63, 3.8) is 0 Å². The second-order valence-corrected chi connectivity index (χ2v) is 4.90. The molecule has 1 heterocycles. The van der Waals surface area contributed by atoms with Crippen molar-refractivity contribution < 1.29 is 9.32 Å². The third-order valence-corrected chi connectivity index (χ3v) is 3.35. The molecule has 0 aliphatic rings. The smallest absolute Gasteiger partial charge is 0.276 e. The predicted molar refractivity (Wildman–Crippen MR) is 73.2 cm³/mol. The monoisotopic (exact) mass is 278 g/mol. The highest BCUT2D eigenvalue weighted by atomic mass is 35.5. The lowest BCUT2D eigenvalue weighted by atomic mass is 10.1. The molecule has 0 N–H and O–H groups in total. The van der Waals surface area contributed by atoms with E-state index in [9.17, 15) is 4.79 Å². The zero-order valence-corrected chi connectivity index (χ0v) is 11.8. The Morgan fingerprint density at radius 1 is 1.37 bits per heavy atom. The molecule has 100 valence electrons. The lowest BCUT2D eigenvalue weighted by Crippen LogP contribution is -2.29. The highest BCUT2D eigenvalue weighted by Gasteiger charge is 2.21. The Balaban J connectivity index is 2.16. The second-order valence-electron chi connectivity index (χ2n) is 4.47. The first-order valence-corrected chi connectivity index (χ1v) is 6.33. The van der Waals surface area contributed by atoms with Crippen LogP contribution in [0.25, 0.3) is 0 Å². The molecule has 0 spiro atoms. The number of hydrogen-bond donors (Lipinski definition) is 0.